The van der Waals surface area contributed by atoms with Crippen molar-refractivity contribution < 1.29 is 9.32 Å². The number of carbonyl (C=O) groups excluding carboxylic acids is 1. The van der Waals surface area contributed by atoms with Crippen LogP contribution in [0.4, 0.5) is 0 Å². The van der Waals surface area contributed by atoms with E-state index in [9.17, 15) is 4.79 Å². The zero-order valence-corrected chi connectivity index (χ0v) is 14.1. The lowest BCUT2D eigenvalue weighted by Gasteiger charge is -2.34. The van der Waals surface area contributed by atoms with Gasteiger partial charge in [-0.1, -0.05) is 5.16 Å². The standard InChI is InChI=1S/C13H22N4O2.2ClH/c1-10-12(11(2)19-15-10)9-16-5-7-17(8-6-16)13(18)3-4-14;;/h3-9,14H2,1-2H3;2*1H. The second-order valence-corrected chi connectivity index (χ2v) is 5.00. The molecule has 1 aromatic rings. The molecule has 8 heteroatoms. The topological polar surface area (TPSA) is 75.6 Å². The van der Waals surface area contributed by atoms with Gasteiger partial charge in [0.1, 0.15) is 5.76 Å². The van der Waals surface area contributed by atoms with Crippen molar-refractivity contribution in [1.29, 1.82) is 0 Å². The first-order valence-electron chi connectivity index (χ1n) is 6.73. The summed E-state index contributed by atoms with van der Waals surface area (Å²) in [6, 6.07) is 0. The zero-order valence-electron chi connectivity index (χ0n) is 12.5. The minimum Gasteiger partial charge on any atom is -0.361 e. The molecule has 2 rings (SSSR count). The van der Waals surface area contributed by atoms with E-state index in [4.69, 9.17) is 10.3 Å². The van der Waals surface area contributed by atoms with Crippen molar-refractivity contribution in [2.24, 2.45) is 5.73 Å². The van der Waals surface area contributed by atoms with Gasteiger partial charge in [0.2, 0.25) is 5.91 Å². The molecule has 0 atom stereocenters. The van der Waals surface area contributed by atoms with Gasteiger partial charge in [-0.25, -0.2) is 0 Å². The number of nitrogens with zero attached hydrogens (tertiary/aromatic N) is 3. The van der Waals surface area contributed by atoms with Crippen LogP contribution < -0.4 is 5.73 Å². The van der Waals surface area contributed by atoms with Crippen LogP contribution >= 0.6 is 24.8 Å². The summed E-state index contributed by atoms with van der Waals surface area (Å²) >= 11 is 0. The Kier molecular flexibility index (Phi) is 8.89. The molecule has 0 aliphatic carbocycles. The average Bonchev–Trinajstić information content (AvgIpc) is 2.72. The van der Waals surface area contributed by atoms with E-state index in [1.807, 2.05) is 18.7 Å². The molecule has 1 amide bonds. The summed E-state index contributed by atoms with van der Waals surface area (Å²) in [5.41, 5.74) is 7.54. The average molecular weight is 339 g/mol. The Bertz CT molecular complexity index is 426. The van der Waals surface area contributed by atoms with E-state index < -0.39 is 0 Å². The van der Waals surface area contributed by atoms with Crippen LogP contribution in [-0.4, -0.2) is 53.6 Å². The summed E-state index contributed by atoms with van der Waals surface area (Å²) in [5, 5.41) is 3.97. The van der Waals surface area contributed by atoms with Gasteiger partial charge in [-0.05, 0) is 13.8 Å². The number of aromatic nitrogens is 1. The van der Waals surface area contributed by atoms with Crippen LogP contribution in [0, 0.1) is 13.8 Å². The lowest BCUT2D eigenvalue weighted by Crippen LogP contribution is -2.48. The van der Waals surface area contributed by atoms with Gasteiger partial charge < -0.3 is 15.2 Å². The van der Waals surface area contributed by atoms with Gasteiger partial charge in [0.05, 0.1) is 5.69 Å². The molecule has 1 aliphatic heterocycles. The van der Waals surface area contributed by atoms with Crippen molar-refractivity contribution in [3.63, 3.8) is 0 Å². The highest BCUT2D eigenvalue weighted by molar-refractivity contribution is 5.85. The Labute approximate surface area is 137 Å². The van der Waals surface area contributed by atoms with Gasteiger partial charge in [-0.15, -0.1) is 24.8 Å². The number of rotatable bonds is 4. The second-order valence-electron chi connectivity index (χ2n) is 5.00. The number of amides is 1. The number of hydrogen-bond acceptors (Lipinski definition) is 5. The first kappa shape index (κ1) is 20.2. The van der Waals surface area contributed by atoms with Crippen molar-refractivity contribution in [2.75, 3.05) is 32.7 Å². The molecule has 1 fully saturated rings. The van der Waals surface area contributed by atoms with Gasteiger partial charge in [0, 0.05) is 51.3 Å². The maximum Gasteiger partial charge on any atom is 0.223 e. The number of nitrogens with two attached hydrogens (primary N) is 1. The monoisotopic (exact) mass is 338 g/mol. The molecule has 122 valence electrons. The largest absolute Gasteiger partial charge is 0.361 e. The normalized spacial score (nSPS) is 15.3. The molecule has 0 bridgehead atoms. The van der Waals surface area contributed by atoms with Crippen LogP contribution in [-0.2, 0) is 11.3 Å². The van der Waals surface area contributed by atoms with Gasteiger partial charge in [-0.3, -0.25) is 9.69 Å². The summed E-state index contributed by atoms with van der Waals surface area (Å²) in [7, 11) is 0. The van der Waals surface area contributed by atoms with Crippen molar-refractivity contribution in [1.82, 2.24) is 15.0 Å². The highest BCUT2D eigenvalue weighted by atomic mass is 35.5. The minimum absolute atomic E-state index is 0. The van der Waals surface area contributed by atoms with Crippen LogP contribution in [0.3, 0.4) is 0 Å². The number of aryl methyl sites for hydroxylation is 2. The lowest BCUT2D eigenvalue weighted by molar-refractivity contribution is -0.132. The van der Waals surface area contributed by atoms with Crippen LogP contribution in [0.15, 0.2) is 4.52 Å². The molecular formula is C13H24Cl2N4O2. The van der Waals surface area contributed by atoms with E-state index >= 15 is 0 Å². The molecular weight excluding hydrogens is 315 g/mol. The van der Waals surface area contributed by atoms with Gasteiger partial charge >= 0.3 is 0 Å². The molecule has 1 aromatic heterocycles. The quantitative estimate of drug-likeness (QED) is 0.890. The molecule has 0 radical (unpaired) electrons. The predicted octanol–water partition coefficient (Wildman–Crippen LogP) is 1.13. The first-order chi connectivity index (χ1) is 9.11. The van der Waals surface area contributed by atoms with Gasteiger partial charge in [0.25, 0.3) is 0 Å². The summed E-state index contributed by atoms with van der Waals surface area (Å²) in [6.07, 6.45) is 0.448. The Morgan fingerprint density at radius 3 is 2.33 bits per heavy atom. The Morgan fingerprint density at radius 2 is 1.86 bits per heavy atom. The van der Waals surface area contributed by atoms with Crippen LogP contribution in [0.25, 0.3) is 0 Å². The number of carbonyl (C=O) groups is 1. The third kappa shape index (κ3) is 5.14. The third-order valence-electron chi connectivity index (χ3n) is 3.65. The molecule has 1 aliphatic rings. The van der Waals surface area contributed by atoms with E-state index in [1.165, 1.54) is 5.56 Å². The molecule has 21 heavy (non-hydrogen) atoms. The van der Waals surface area contributed by atoms with Crippen molar-refractivity contribution in [3.05, 3.63) is 17.0 Å². The van der Waals surface area contributed by atoms with Crippen LogP contribution in [0.5, 0.6) is 0 Å². The fraction of sp³-hybridized carbons (Fsp3) is 0.692. The fourth-order valence-electron chi connectivity index (χ4n) is 2.39. The Hall–Kier alpha value is -0.820. The number of hydrogen-bond donors (Lipinski definition) is 1. The highest BCUT2D eigenvalue weighted by Gasteiger charge is 2.22. The fourth-order valence-corrected chi connectivity index (χ4v) is 2.39. The molecule has 0 spiro atoms. The van der Waals surface area contributed by atoms with Gasteiger partial charge in [-0.2, -0.15) is 0 Å². The third-order valence-corrected chi connectivity index (χ3v) is 3.65. The molecule has 0 saturated carbocycles. The summed E-state index contributed by atoms with van der Waals surface area (Å²) in [5.74, 6) is 1.05. The van der Waals surface area contributed by atoms with Crippen molar-refractivity contribution in [2.45, 2.75) is 26.8 Å². The maximum absolute atomic E-state index is 11.7. The first-order valence-corrected chi connectivity index (χ1v) is 6.73. The van der Waals surface area contributed by atoms with Gasteiger partial charge in [0.15, 0.2) is 0 Å². The van der Waals surface area contributed by atoms with E-state index in [1.54, 1.807) is 0 Å². The van der Waals surface area contributed by atoms with Crippen molar-refractivity contribution >= 4 is 30.7 Å². The molecule has 1 saturated heterocycles. The molecule has 2 N–H and O–H groups in total. The molecule has 0 aromatic carbocycles. The predicted molar refractivity (Wildman–Crippen MR) is 86.0 cm³/mol. The molecule has 6 nitrogen and oxygen atoms in total. The smallest absolute Gasteiger partial charge is 0.223 e. The van der Waals surface area contributed by atoms with E-state index in [0.717, 1.165) is 44.2 Å². The SMILES string of the molecule is Cc1noc(C)c1CN1CCN(C(=O)CCN)CC1.Cl.Cl. The molecule has 2 heterocycles. The van der Waals surface area contributed by atoms with Crippen molar-refractivity contribution in [3.8, 4) is 0 Å². The van der Waals surface area contributed by atoms with E-state index in [2.05, 4.69) is 10.1 Å². The Balaban J connectivity index is 0.00000200. The summed E-state index contributed by atoms with van der Waals surface area (Å²) < 4.78 is 5.17. The second kappa shape index (κ2) is 9.25. The highest BCUT2D eigenvalue weighted by Crippen LogP contribution is 2.16. The van der Waals surface area contributed by atoms with Crippen LogP contribution in [0.2, 0.25) is 0 Å². The molecule has 0 unspecified atom stereocenters. The van der Waals surface area contributed by atoms with E-state index in [0.29, 0.717) is 13.0 Å². The Morgan fingerprint density at radius 1 is 1.24 bits per heavy atom. The maximum atomic E-state index is 11.7. The summed E-state index contributed by atoms with van der Waals surface area (Å²) in [6.45, 7) is 8.52. The zero-order chi connectivity index (χ0) is 13.8. The summed E-state index contributed by atoms with van der Waals surface area (Å²) in [4.78, 5) is 16.0. The number of halogens is 2. The number of piperazine rings is 1. The van der Waals surface area contributed by atoms with E-state index in [-0.39, 0.29) is 30.7 Å². The minimum atomic E-state index is 0. The lowest BCUT2D eigenvalue weighted by atomic mass is 10.1. The van der Waals surface area contributed by atoms with Crippen LogP contribution in [0.1, 0.15) is 23.4 Å².